The van der Waals surface area contributed by atoms with Crippen LogP contribution in [0.25, 0.3) is 0 Å². The Kier molecular flexibility index (Phi) is 11.5. The lowest BCUT2D eigenvalue weighted by Gasteiger charge is -2.19. The van der Waals surface area contributed by atoms with Crippen LogP contribution >= 0.6 is 0 Å². The van der Waals surface area contributed by atoms with Crippen LogP contribution in [-0.2, 0) is 19.1 Å². The molecule has 0 saturated heterocycles. The first-order valence-corrected chi connectivity index (χ1v) is 12.3. The maximum absolute atomic E-state index is 13.2. The fraction of sp³-hybridized carbons (Fsp3) is 0.346. The smallest absolute Gasteiger partial charge is 0.419 e. The fourth-order valence-electron chi connectivity index (χ4n) is 3.43. The van der Waals surface area contributed by atoms with Gasteiger partial charge in [-0.15, -0.1) is 0 Å². The number of nitrogens with two attached hydrogens (primary N) is 1. The van der Waals surface area contributed by atoms with Gasteiger partial charge in [0.2, 0.25) is 13.2 Å². The number of carbonyl (C=O) groups is 5. The molecular weight excluding hydrogens is 522 g/mol. The summed E-state index contributed by atoms with van der Waals surface area (Å²) in [7, 11) is 0. The normalized spacial score (nSPS) is 12.0. The molecule has 5 N–H and O–H groups in total. The molecule has 1 atom stereocenters. The molecule has 2 rings (SSSR count). The Balaban J connectivity index is 2.29. The monoisotopic (exact) mass is 555 g/mol. The van der Waals surface area contributed by atoms with Gasteiger partial charge in [-0.1, -0.05) is 6.07 Å². The summed E-state index contributed by atoms with van der Waals surface area (Å²) in [6.45, 7) is 7.92. The summed E-state index contributed by atoms with van der Waals surface area (Å²) >= 11 is 0. The van der Waals surface area contributed by atoms with Crippen LogP contribution in [0, 0.1) is 13.8 Å². The van der Waals surface area contributed by atoms with Crippen molar-refractivity contribution in [2.45, 2.75) is 40.7 Å². The highest BCUT2D eigenvalue weighted by Gasteiger charge is 2.27. The van der Waals surface area contributed by atoms with Crippen LogP contribution in [-0.4, -0.2) is 78.3 Å². The van der Waals surface area contributed by atoms with E-state index in [1.54, 1.807) is 32.0 Å². The highest BCUT2D eigenvalue weighted by atomic mass is 16.7. The molecule has 0 aliphatic rings. The standard InChI is InChI=1S/C26H33N7O7/c1-6-28-23(35)18-9-8-15(3)20(10-18)32-22(30-12-27)21-16(4)19(11-29-21)24(36)33(7-2)26(38)40-14-39-25(37)17(5)31-13-34/h8-13,17,29H,6-7,14H2,1-5H3,(H,28,35)(H,31,34)(H2,27,30,32). The van der Waals surface area contributed by atoms with E-state index < -0.39 is 30.8 Å². The van der Waals surface area contributed by atoms with E-state index in [1.165, 1.54) is 13.1 Å². The maximum Gasteiger partial charge on any atom is 0.419 e. The summed E-state index contributed by atoms with van der Waals surface area (Å²) < 4.78 is 9.69. The Morgan fingerprint density at radius 3 is 2.52 bits per heavy atom. The molecular formula is C26H33N7O7. The molecule has 214 valence electrons. The third kappa shape index (κ3) is 7.75. The van der Waals surface area contributed by atoms with Crippen LogP contribution in [0.1, 0.15) is 58.3 Å². The van der Waals surface area contributed by atoms with E-state index in [9.17, 15) is 24.0 Å². The molecule has 1 aromatic heterocycles. The number of aliphatic imine (C=N–C) groups is 2. The van der Waals surface area contributed by atoms with Crippen molar-refractivity contribution < 1.29 is 33.4 Å². The van der Waals surface area contributed by atoms with Crippen LogP contribution in [0.3, 0.4) is 0 Å². The number of esters is 1. The van der Waals surface area contributed by atoms with Crippen molar-refractivity contribution in [1.29, 1.82) is 0 Å². The first-order valence-electron chi connectivity index (χ1n) is 12.3. The number of H-pyrrole nitrogens is 1. The van der Waals surface area contributed by atoms with Crippen LogP contribution < -0.4 is 16.4 Å². The molecule has 1 heterocycles. The van der Waals surface area contributed by atoms with Crippen LogP contribution in [0.5, 0.6) is 0 Å². The Hall–Kier alpha value is -5.01. The molecule has 0 aliphatic carbocycles. The van der Waals surface area contributed by atoms with Crippen molar-refractivity contribution in [3.8, 4) is 0 Å². The SMILES string of the molecule is CCNC(=O)c1ccc(C)c(N=C(N=CN)c2[nH]cc(C(=O)N(CC)C(=O)OCOC(=O)C(C)NC=O)c2C)c1. The van der Waals surface area contributed by atoms with E-state index in [2.05, 4.69) is 25.6 Å². The van der Waals surface area contributed by atoms with E-state index in [-0.39, 0.29) is 23.9 Å². The van der Waals surface area contributed by atoms with Gasteiger partial charge in [-0.25, -0.2) is 24.5 Å². The summed E-state index contributed by atoms with van der Waals surface area (Å²) in [5, 5.41) is 4.94. The number of nitrogens with one attached hydrogen (secondary N) is 3. The van der Waals surface area contributed by atoms with Crippen LogP contribution in [0.2, 0.25) is 0 Å². The average Bonchev–Trinajstić information content (AvgIpc) is 3.31. The molecule has 0 fully saturated rings. The molecule has 4 amide bonds. The third-order valence-electron chi connectivity index (χ3n) is 5.66. The van der Waals surface area contributed by atoms with Gasteiger partial charge in [-0.2, -0.15) is 0 Å². The zero-order valence-electron chi connectivity index (χ0n) is 22.9. The lowest BCUT2D eigenvalue weighted by molar-refractivity contribution is -0.154. The molecule has 14 nitrogen and oxygen atoms in total. The highest BCUT2D eigenvalue weighted by Crippen LogP contribution is 2.24. The Morgan fingerprint density at radius 2 is 1.90 bits per heavy atom. The fourth-order valence-corrected chi connectivity index (χ4v) is 3.43. The van der Waals surface area contributed by atoms with Crippen molar-refractivity contribution in [3.63, 3.8) is 0 Å². The third-order valence-corrected chi connectivity index (χ3v) is 5.66. The first-order chi connectivity index (χ1) is 19.1. The summed E-state index contributed by atoms with van der Waals surface area (Å²) in [5.41, 5.74) is 8.15. The van der Waals surface area contributed by atoms with E-state index >= 15 is 0 Å². The quantitative estimate of drug-likeness (QED) is 0.106. The zero-order chi connectivity index (χ0) is 29.8. The zero-order valence-corrected chi connectivity index (χ0v) is 22.9. The summed E-state index contributed by atoms with van der Waals surface area (Å²) in [5.74, 6) is -1.61. The number of hydrogen-bond donors (Lipinski definition) is 4. The summed E-state index contributed by atoms with van der Waals surface area (Å²) in [6, 6.07) is 4.12. The van der Waals surface area contributed by atoms with Crippen molar-refractivity contribution in [1.82, 2.24) is 20.5 Å². The number of rotatable bonds is 11. The van der Waals surface area contributed by atoms with Gasteiger partial charge in [0.25, 0.3) is 11.8 Å². The maximum atomic E-state index is 13.2. The number of imide groups is 1. The first kappa shape index (κ1) is 31.2. The van der Waals surface area contributed by atoms with Gasteiger partial charge in [0.1, 0.15) is 6.04 Å². The Labute approximate surface area is 231 Å². The number of amidine groups is 1. The molecule has 1 unspecified atom stereocenters. The number of aromatic amines is 1. The molecule has 0 radical (unpaired) electrons. The average molecular weight is 556 g/mol. The lowest BCUT2D eigenvalue weighted by Crippen LogP contribution is -2.39. The minimum Gasteiger partial charge on any atom is -0.426 e. The summed E-state index contributed by atoms with van der Waals surface area (Å²) in [4.78, 5) is 72.7. The minimum absolute atomic E-state index is 0.0393. The van der Waals surface area contributed by atoms with Crippen molar-refractivity contribution in [3.05, 3.63) is 52.3 Å². The Bertz CT molecular complexity index is 1320. The molecule has 0 spiro atoms. The van der Waals surface area contributed by atoms with Crippen molar-refractivity contribution >= 4 is 48.1 Å². The second-order valence-electron chi connectivity index (χ2n) is 8.32. The molecule has 14 heteroatoms. The van der Waals surface area contributed by atoms with E-state index in [4.69, 9.17) is 15.2 Å². The number of hydrogen-bond acceptors (Lipinski definition) is 8. The summed E-state index contributed by atoms with van der Waals surface area (Å²) in [6.07, 6.45) is 1.74. The van der Waals surface area contributed by atoms with Crippen molar-refractivity contribution in [2.75, 3.05) is 19.9 Å². The molecule has 1 aromatic carbocycles. The molecule has 0 saturated carbocycles. The van der Waals surface area contributed by atoms with Crippen LogP contribution in [0.4, 0.5) is 10.5 Å². The number of carbonyl (C=O) groups excluding carboxylic acids is 5. The number of aryl methyl sites for hydroxylation is 1. The molecule has 40 heavy (non-hydrogen) atoms. The van der Waals surface area contributed by atoms with Crippen molar-refractivity contribution in [2.24, 2.45) is 15.7 Å². The van der Waals surface area contributed by atoms with Gasteiger partial charge in [0, 0.05) is 24.8 Å². The van der Waals surface area contributed by atoms with Gasteiger partial charge in [0.15, 0.2) is 5.84 Å². The number of benzene rings is 1. The predicted octanol–water partition coefficient (Wildman–Crippen LogP) is 1.68. The molecule has 2 aromatic rings. The van der Waals surface area contributed by atoms with Gasteiger partial charge in [-0.05, 0) is 57.9 Å². The highest BCUT2D eigenvalue weighted by molar-refractivity contribution is 6.09. The molecule has 0 aliphatic heterocycles. The van der Waals surface area contributed by atoms with Crippen LogP contribution in [0.15, 0.2) is 34.4 Å². The second-order valence-corrected chi connectivity index (χ2v) is 8.32. The number of amides is 4. The van der Waals surface area contributed by atoms with E-state index in [0.29, 0.717) is 35.5 Å². The number of nitrogens with zero attached hydrogens (tertiary/aromatic N) is 3. The largest absolute Gasteiger partial charge is 0.426 e. The van der Waals surface area contributed by atoms with Gasteiger partial charge in [0.05, 0.1) is 23.3 Å². The van der Waals surface area contributed by atoms with Gasteiger partial charge >= 0.3 is 12.1 Å². The lowest BCUT2D eigenvalue weighted by atomic mass is 10.1. The second kappa shape index (κ2) is 14.8. The number of aromatic nitrogens is 1. The van der Waals surface area contributed by atoms with E-state index in [1.807, 2.05) is 13.8 Å². The molecule has 0 bridgehead atoms. The minimum atomic E-state index is -1.04. The topological polar surface area (TPSA) is 198 Å². The van der Waals surface area contributed by atoms with Gasteiger partial charge in [-0.3, -0.25) is 14.4 Å². The number of ether oxygens (including phenoxy) is 2. The van der Waals surface area contributed by atoms with Gasteiger partial charge < -0.3 is 30.8 Å². The predicted molar refractivity (Wildman–Crippen MR) is 146 cm³/mol. The Morgan fingerprint density at radius 1 is 1.18 bits per heavy atom. The van der Waals surface area contributed by atoms with E-state index in [0.717, 1.165) is 16.8 Å².